The molecule has 10 nitrogen and oxygen atoms in total. The molecule has 2 saturated heterocycles. The fourth-order valence-electron chi connectivity index (χ4n) is 4.67. The average molecular weight is 570 g/mol. The number of hydrogen-bond acceptors (Lipinski definition) is 9. The number of hydrogen-bond donors (Lipinski definition) is 4. The summed E-state index contributed by atoms with van der Waals surface area (Å²) >= 11 is 1.46. The summed E-state index contributed by atoms with van der Waals surface area (Å²) in [6.07, 6.45) is 5.88. The number of nitrogens with zero attached hydrogens (tertiary/aromatic N) is 3. The summed E-state index contributed by atoms with van der Waals surface area (Å²) in [5.74, 6) is 7.31. The molecular weight excluding hydrogens is 533 g/mol. The lowest BCUT2D eigenvalue weighted by atomic mass is 9.94. The van der Waals surface area contributed by atoms with E-state index in [4.69, 9.17) is 4.74 Å². The highest BCUT2D eigenvalue weighted by atomic mass is 32.2. The molecule has 4 heterocycles. The molecule has 1 aliphatic carbocycles. The number of dihydropyridines is 1. The number of allylic oxidation sites excluding steroid dienone is 1. The van der Waals surface area contributed by atoms with E-state index in [-0.39, 0.29) is 22.8 Å². The first-order valence-electron chi connectivity index (χ1n) is 13.5. The third-order valence-electron chi connectivity index (χ3n) is 7.69. The topological polar surface area (TPSA) is 111 Å². The van der Waals surface area contributed by atoms with Gasteiger partial charge in [0.2, 0.25) is 5.91 Å². The molecule has 4 aliphatic rings. The maximum Gasteiger partial charge on any atom is 0.255 e. The van der Waals surface area contributed by atoms with Crippen LogP contribution >= 0.6 is 11.8 Å². The first kappa shape index (κ1) is 28.4. The van der Waals surface area contributed by atoms with Gasteiger partial charge in [-0.2, -0.15) is 0 Å². The average Bonchev–Trinajstić information content (AvgIpc) is 3.67. The molecular formula is C28H36FN7O3S. The highest BCUT2D eigenvalue weighted by Crippen LogP contribution is 2.34. The lowest BCUT2D eigenvalue weighted by molar-refractivity contribution is -0.130. The number of likely N-dealkylation sites (N-methyl/N-ethyl adjacent to an activating group) is 1. The molecule has 0 bridgehead atoms. The van der Waals surface area contributed by atoms with E-state index in [1.54, 1.807) is 23.2 Å². The Morgan fingerprint density at radius 1 is 1.30 bits per heavy atom. The fraction of sp³-hybridized carbons (Fsp3) is 0.536. The molecule has 5 rings (SSSR count). The molecule has 40 heavy (non-hydrogen) atoms. The van der Waals surface area contributed by atoms with Gasteiger partial charge in [0.1, 0.15) is 28.6 Å². The van der Waals surface area contributed by atoms with Crippen LogP contribution in [0.5, 0.6) is 0 Å². The normalized spacial score (nSPS) is 27.1. The summed E-state index contributed by atoms with van der Waals surface area (Å²) < 4.78 is 20.0. The van der Waals surface area contributed by atoms with Crippen molar-refractivity contribution < 1.29 is 18.7 Å². The van der Waals surface area contributed by atoms with Crippen LogP contribution in [0.25, 0.3) is 5.57 Å². The van der Waals surface area contributed by atoms with Gasteiger partial charge in [-0.05, 0) is 52.8 Å². The Bertz CT molecular complexity index is 1300. The molecule has 3 fully saturated rings. The zero-order valence-corrected chi connectivity index (χ0v) is 24.2. The minimum Gasteiger partial charge on any atom is -0.495 e. The number of alkyl halides is 1. The highest BCUT2D eigenvalue weighted by Gasteiger charge is 2.41. The van der Waals surface area contributed by atoms with Crippen LogP contribution < -0.4 is 26.4 Å². The summed E-state index contributed by atoms with van der Waals surface area (Å²) in [6, 6.07) is 1.10. The number of nitrogens with one attached hydrogen (secondary N) is 4. The SMILES string of the molecule is COC1=CNC(C(C)F)C=C1c1cc(N2CCN(C)C(C)(C)C2=O)ncc1C(=O)NC1NNC(C#CC2CC2)S1. The molecule has 12 heteroatoms. The van der Waals surface area contributed by atoms with Crippen LogP contribution in [0.1, 0.15) is 49.5 Å². The van der Waals surface area contributed by atoms with Crippen molar-refractivity contribution in [3.8, 4) is 11.8 Å². The summed E-state index contributed by atoms with van der Waals surface area (Å²) in [6.45, 7) is 6.33. The van der Waals surface area contributed by atoms with Crippen LogP contribution in [0.4, 0.5) is 10.2 Å². The van der Waals surface area contributed by atoms with Gasteiger partial charge in [-0.25, -0.2) is 20.2 Å². The Labute approximate surface area is 238 Å². The molecule has 4 atom stereocenters. The molecule has 4 unspecified atom stereocenters. The van der Waals surface area contributed by atoms with Gasteiger partial charge in [-0.15, -0.1) is 0 Å². The van der Waals surface area contributed by atoms with Crippen molar-refractivity contribution >= 4 is 35.0 Å². The standard InChI is InChI=1S/C28H36FN7O3S/c1-16(29)21-12-19(22(39-5)15-30-21)18-13-23(36-11-10-35(4)28(2,3)26(36)38)31-14-20(18)25(37)32-27-34-33-24(40-27)9-8-17-6-7-17/h12-17,21,24,27,30,33-34H,6-7,10-11H2,1-5H3,(H,32,37). The molecule has 1 aromatic rings. The van der Waals surface area contributed by atoms with Gasteiger partial charge in [0.25, 0.3) is 5.91 Å². The number of hydrazine groups is 1. The molecule has 1 aromatic heterocycles. The van der Waals surface area contributed by atoms with Crippen LogP contribution in [0, 0.1) is 17.8 Å². The van der Waals surface area contributed by atoms with Gasteiger partial charge in [-0.1, -0.05) is 23.6 Å². The second-order valence-electron chi connectivity index (χ2n) is 10.9. The summed E-state index contributed by atoms with van der Waals surface area (Å²) in [7, 11) is 3.43. The number of aromatic nitrogens is 1. The van der Waals surface area contributed by atoms with E-state index in [0.29, 0.717) is 41.7 Å². The third-order valence-corrected chi connectivity index (χ3v) is 8.71. The number of anilines is 1. The molecule has 1 saturated carbocycles. The number of carbonyl (C=O) groups excluding carboxylic acids is 2. The number of ether oxygens (including phenoxy) is 1. The predicted octanol–water partition coefficient (Wildman–Crippen LogP) is 1.93. The second kappa shape index (κ2) is 11.4. The predicted molar refractivity (Wildman–Crippen MR) is 153 cm³/mol. The van der Waals surface area contributed by atoms with Gasteiger partial charge in [0.15, 0.2) is 0 Å². The second-order valence-corrected chi connectivity index (χ2v) is 12.1. The quantitative estimate of drug-likeness (QED) is 0.382. The van der Waals surface area contributed by atoms with Gasteiger partial charge < -0.3 is 15.4 Å². The lowest BCUT2D eigenvalue weighted by Gasteiger charge is -2.43. The number of rotatable bonds is 6. The van der Waals surface area contributed by atoms with Gasteiger partial charge in [0, 0.05) is 42.5 Å². The molecule has 0 spiro atoms. The number of amides is 2. The van der Waals surface area contributed by atoms with E-state index in [1.807, 2.05) is 25.8 Å². The van der Waals surface area contributed by atoms with Gasteiger partial charge in [0.05, 0.1) is 24.3 Å². The van der Waals surface area contributed by atoms with Crippen LogP contribution in [0.2, 0.25) is 0 Å². The molecule has 3 aliphatic heterocycles. The molecule has 2 amide bonds. The summed E-state index contributed by atoms with van der Waals surface area (Å²) in [4.78, 5) is 35.2. The number of halogens is 1. The number of carbonyl (C=O) groups is 2. The van der Waals surface area contributed by atoms with E-state index >= 15 is 0 Å². The van der Waals surface area contributed by atoms with Crippen molar-refractivity contribution in [1.82, 2.24) is 31.4 Å². The van der Waals surface area contributed by atoms with E-state index in [9.17, 15) is 14.0 Å². The molecule has 0 radical (unpaired) electrons. The summed E-state index contributed by atoms with van der Waals surface area (Å²) in [5.41, 5.74) is 6.35. The minimum absolute atomic E-state index is 0.0927. The van der Waals surface area contributed by atoms with Crippen molar-refractivity contribution in [3.05, 3.63) is 41.4 Å². The van der Waals surface area contributed by atoms with Crippen molar-refractivity contribution in [1.29, 1.82) is 0 Å². The smallest absolute Gasteiger partial charge is 0.255 e. The van der Waals surface area contributed by atoms with Crippen molar-refractivity contribution in [3.63, 3.8) is 0 Å². The third kappa shape index (κ3) is 5.83. The fourth-order valence-corrected chi connectivity index (χ4v) is 5.52. The number of pyridine rings is 1. The number of thioether (sulfide) groups is 1. The van der Waals surface area contributed by atoms with Crippen LogP contribution in [0.3, 0.4) is 0 Å². The Morgan fingerprint density at radius 2 is 2.08 bits per heavy atom. The van der Waals surface area contributed by atoms with E-state index in [0.717, 1.165) is 12.8 Å². The van der Waals surface area contributed by atoms with E-state index < -0.39 is 23.3 Å². The first-order valence-corrected chi connectivity index (χ1v) is 14.4. The lowest BCUT2D eigenvalue weighted by Crippen LogP contribution is -2.62. The Kier molecular flexibility index (Phi) is 8.10. The molecule has 214 valence electrons. The number of piperazine rings is 1. The Morgan fingerprint density at radius 3 is 2.77 bits per heavy atom. The van der Waals surface area contributed by atoms with Crippen LogP contribution in [0.15, 0.2) is 30.3 Å². The monoisotopic (exact) mass is 569 g/mol. The Balaban J connectivity index is 1.47. The van der Waals surface area contributed by atoms with Crippen molar-refractivity contribution in [2.75, 3.05) is 32.1 Å². The maximum atomic E-state index is 14.4. The minimum atomic E-state index is -1.19. The number of methoxy groups -OCH3 is 1. The van der Waals surface area contributed by atoms with Crippen molar-refractivity contribution in [2.24, 2.45) is 5.92 Å². The Hall–Kier alpha value is -3.11. The molecule has 0 aromatic carbocycles. The van der Waals surface area contributed by atoms with E-state index in [1.165, 1.54) is 32.0 Å². The zero-order chi connectivity index (χ0) is 28.6. The first-order chi connectivity index (χ1) is 19.1. The zero-order valence-electron chi connectivity index (χ0n) is 23.4. The van der Waals surface area contributed by atoms with Crippen LogP contribution in [-0.4, -0.2) is 77.6 Å². The molecule has 4 N–H and O–H groups in total. The van der Waals surface area contributed by atoms with Crippen LogP contribution in [-0.2, 0) is 9.53 Å². The van der Waals surface area contributed by atoms with Gasteiger partial charge in [-0.3, -0.25) is 19.4 Å². The van der Waals surface area contributed by atoms with Crippen molar-refractivity contribution in [2.45, 2.75) is 62.2 Å². The van der Waals surface area contributed by atoms with Gasteiger partial charge >= 0.3 is 0 Å². The largest absolute Gasteiger partial charge is 0.495 e. The summed E-state index contributed by atoms with van der Waals surface area (Å²) in [5, 5.41) is 5.84. The van der Waals surface area contributed by atoms with E-state index in [2.05, 4.69) is 38.3 Å². The highest BCUT2D eigenvalue weighted by molar-refractivity contribution is 8.00. The maximum absolute atomic E-state index is 14.4.